The van der Waals surface area contributed by atoms with Gasteiger partial charge in [-0.1, -0.05) is 25.5 Å². The molecule has 0 spiro atoms. The predicted molar refractivity (Wildman–Crippen MR) is 87.4 cm³/mol. The Kier molecular flexibility index (Phi) is 7.39. The summed E-state index contributed by atoms with van der Waals surface area (Å²) in [5.74, 6) is 0.971. The van der Waals surface area contributed by atoms with Crippen LogP contribution in [-0.4, -0.2) is 46.0 Å². The highest BCUT2D eigenvalue weighted by Crippen LogP contribution is 2.28. The lowest BCUT2D eigenvalue weighted by Crippen LogP contribution is -2.28. The van der Waals surface area contributed by atoms with E-state index < -0.39 is 0 Å². The fourth-order valence-electron chi connectivity index (χ4n) is 2.49. The molecule has 0 amide bonds. The van der Waals surface area contributed by atoms with Gasteiger partial charge in [0.25, 0.3) is 0 Å². The van der Waals surface area contributed by atoms with Gasteiger partial charge in [-0.25, -0.2) is 0 Å². The first-order valence-electron chi connectivity index (χ1n) is 8.17. The Balaban J connectivity index is 1.84. The van der Waals surface area contributed by atoms with Crippen LogP contribution in [0.5, 0.6) is 5.75 Å². The number of nitrogens with one attached hydrogen (secondary N) is 1. The minimum Gasteiger partial charge on any atom is -0.489 e. The maximum atomic E-state index is 5.92. The van der Waals surface area contributed by atoms with E-state index in [1.54, 1.807) is 0 Å². The minimum absolute atomic E-state index is 0.618. The number of nitrogens with zero attached hydrogens (tertiary/aromatic N) is 1. The third-order valence-electron chi connectivity index (χ3n) is 3.67. The first-order valence-corrected chi connectivity index (χ1v) is 8.17. The van der Waals surface area contributed by atoms with E-state index in [2.05, 4.69) is 35.3 Å². The SMILES string of the molecule is CCCCOCCOc1ccccc1N1CCCNCC1. The first-order chi connectivity index (χ1) is 10.4. The van der Waals surface area contributed by atoms with E-state index in [0.717, 1.165) is 45.0 Å². The summed E-state index contributed by atoms with van der Waals surface area (Å²) >= 11 is 0. The molecular weight excluding hydrogens is 264 g/mol. The van der Waals surface area contributed by atoms with Gasteiger partial charge in [0.2, 0.25) is 0 Å². The van der Waals surface area contributed by atoms with Gasteiger partial charge in [0.1, 0.15) is 12.4 Å². The van der Waals surface area contributed by atoms with Gasteiger partial charge < -0.3 is 19.7 Å². The van der Waals surface area contributed by atoms with Crippen molar-refractivity contribution in [2.45, 2.75) is 26.2 Å². The Bertz CT molecular complexity index is 390. The molecule has 1 aliphatic rings. The molecule has 4 heteroatoms. The van der Waals surface area contributed by atoms with E-state index in [1.807, 2.05) is 6.07 Å². The van der Waals surface area contributed by atoms with E-state index >= 15 is 0 Å². The van der Waals surface area contributed by atoms with Crippen LogP contribution in [0, 0.1) is 0 Å². The number of anilines is 1. The normalized spacial score (nSPS) is 15.8. The van der Waals surface area contributed by atoms with E-state index in [1.165, 1.54) is 18.5 Å². The van der Waals surface area contributed by atoms with E-state index in [4.69, 9.17) is 9.47 Å². The number of unbranched alkanes of at least 4 members (excludes halogenated alkanes) is 1. The van der Waals surface area contributed by atoms with Crippen molar-refractivity contribution in [1.82, 2.24) is 5.32 Å². The largest absolute Gasteiger partial charge is 0.489 e. The molecule has 1 aromatic rings. The molecule has 21 heavy (non-hydrogen) atoms. The Morgan fingerprint density at radius 2 is 2.00 bits per heavy atom. The highest BCUT2D eigenvalue weighted by molar-refractivity contribution is 5.58. The van der Waals surface area contributed by atoms with Crippen LogP contribution in [0.4, 0.5) is 5.69 Å². The van der Waals surface area contributed by atoms with Gasteiger partial charge in [0.05, 0.1) is 12.3 Å². The van der Waals surface area contributed by atoms with Gasteiger partial charge in [-0.05, 0) is 31.5 Å². The molecule has 1 fully saturated rings. The molecule has 0 saturated carbocycles. The molecule has 0 bridgehead atoms. The second kappa shape index (κ2) is 9.64. The predicted octanol–water partition coefficient (Wildman–Crippen LogP) is 2.68. The molecule has 0 atom stereocenters. The fourth-order valence-corrected chi connectivity index (χ4v) is 2.49. The van der Waals surface area contributed by atoms with E-state index in [9.17, 15) is 0 Å². The molecule has 4 nitrogen and oxygen atoms in total. The van der Waals surface area contributed by atoms with Crippen molar-refractivity contribution in [3.05, 3.63) is 24.3 Å². The molecule has 1 aliphatic heterocycles. The highest BCUT2D eigenvalue weighted by Gasteiger charge is 2.13. The molecule has 1 N–H and O–H groups in total. The second-order valence-electron chi connectivity index (χ2n) is 5.37. The fraction of sp³-hybridized carbons (Fsp3) is 0.647. The van der Waals surface area contributed by atoms with Crippen molar-refractivity contribution >= 4 is 5.69 Å². The second-order valence-corrected chi connectivity index (χ2v) is 5.37. The zero-order chi connectivity index (χ0) is 14.8. The topological polar surface area (TPSA) is 33.7 Å². The van der Waals surface area contributed by atoms with Crippen LogP contribution >= 0.6 is 0 Å². The lowest BCUT2D eigenvalue weighted by atomic mass is 10.2. The molecule has 0 aromatic heterocycles. The van der Waals surface area contributed by atoms with Crippen LogP contribution in [0.15, 0.2) is 24.3 Å². The number of benzene rings is 1. The number of para-hydroxylation sites is 2. The zero-order valence-electron chi connectivity index (χ0n) is 13.1. The molecule has 0 radical (unpaired) electrons. The van der Waals surface area contributed by atoms with E-state index in [0.29, 0.717) is 13.2 Å². The van der Waals surface area contributed by atoms with E-state index in [-0.39, 0.29) is 0 Å². The van der Waals surface area contributed by atoms with Crippen LogP contribution in [-0.2, 0) is 4.74 Å². The molecule has 2 rings (SSSR count). The highest BCUT2D eigenvalue weighted by atomic mass is 16.5. The molecule has 1 heterocycles. The summed E-state index contributed by atoms with van der Waals surface area (Å²) < 4.78 is 11.5. The standard InChI is InChI=1S/C17H28N2O2/c1-2-3-13-20-14-15-21-17-8-5-4-7-16(17)19-11-6-9-18-10-12-19/h4-5,7-8,18H,2-3,6,9-15H2,1H3. The molecule has 0 unspecified atom stereocenters. The minimum atomic E-state index is 0.618. The number of hydrogen-bond donors (Lipinski definition) is 1. The van der Waals surface area contributed by atoms with Gasteiger partial charge in [-0.15, -0.1) is 0 Å². The summed E-state index contributed by atoms with van der Waals surface area (Å²) in [4.78, 5) is 2.41. The van der Waals surface area contributed by atoms with Crippen LogP contribution in [0.25, 0.3) is 0 Å². The van der Waals surface area contributed by atoms with Crippen LogP contribution < -0.4 is 15.0 Å². The van der Waals surface area contributed by atoms with Crippen molar-refractivity contribution < 1.29 is 9.47 Å². The lowest BCUT2D eigenvalue weighted by molar-refractivity contribution is 0.0982. The summed E-state index contributed by atoms with van der Waals surface area (Å²) in [5.41, 5.74) is 1.20. The van der Waals surface area contributed by atoms with Crippen molar-refractivity contribution in [3.8, 4) is 5.75 Å². The third-order valence-corrected chi connectivity index (χ3v) is 3.67. The van der Waals surface area contributed by atoms with Crippen molar-refractivity contribution in [2.24, 2.45) is 0 Å². The maximum Gasteiger partial charge on any atom is 0.142 e. The molecule has 0 aliphatic carbocycles. The Morgan fingerprint density at radius 1 is 1.10 bits per heavy atom. The average Bonchev–Trinajstić information content (AvgIpc) is 2.80. The van der Waals surface area contributed by atoms with Gasteiger partial charge in [0, 0.05) is 26.2 Å². The van der Waals surface area contributed by atoms with Crippen LogP contribution in [0.3, 0.4) is 0 Å². The van der Waals surface area contributed by atoms with Crippen LogP contribution in [0.2, 0.25) is 0 Å². The molecule has 1 aromatic carbocycles. The summed E-state index contributed by atoms with van der Waals surface area (Å²) in [6.45, 7) is 8.54. The average molecular weight is 292 g/mol. The Labute approximate surface area is 128 Å². The number of rotatable bonds is 8. The van der Waals surface area contributed by atoms with Crippen molar-refractivity contribution in [3.63, 3.8) is 0 Å². The third kappa shape index (κ3) is 5.56. The molecular formula is C17H28N2O2. The monoisotopic (exact) mass is 292 g/mol. The van der Waals surface area contributed by atoms with Crippen molar-refractivity contribution in [1.29, 1.82) is 0 Å². The van der Waals surface area contributed by atoms with Gasteiger partial charge in [0.15, 0.2) is 0 Å². The van der Waals surface area contributed by atoms with Gasteiger partial charge in [-0.3, -0.25) is 0 Å². The first kappa shape index (κ1) is 16.1. The van der Waals surface area contributed by atoms with Gasteiger partial charge in [-0.2, -0.15) is 0 Å². The Morgan fingerprint density at radius 3 is 2.90 bits per heavy atom. The molecule has 1 saturated heterocycles. The molecule has 118 valence electrons. The van der Waals surface area contributed by atoms with Crippen LogP contribution in [0.1, 0.15) is 26.2 Å². The summed E-state index contributed by atoms with van der Waals surface area (Å²) in [6, 6.07) is 8.32. The van der Waals surface area contributed by atoms with Crippen molar-refractivity contribution in [2.75, 3.05) is 50.9 Å². The number of ether oxygens (including phenoxy) is 2. The summed E-state index contributed by atoms with van der Waals surface area (Å²) in [7, 11) is 0. The smallest absolute Gasteiger partial charge is 0.142 e. The summed E-state index contributed by atoms with van der Waals surface area (Å²) in [5, 5.41) is 3.44. The summed E-state index contributed by atoms with van der Waals surface area (Å²) in [6.07, 6.45) is 3.47. The quantitative estimate of drug-likeness (QED) is 0.747. The number of hydrogen-bond acceptors (Lipinski definition) is 4. The maximum absolute atomic E-state index is 5.92. The van der Waals surface area contributed by atoms with Gasteiger partial charge >= 0.3 is 0 Å². The lowest BCUT2D eigenvalue weighted by Gasteiger charge is -2.24. The zero-order valence-corrected chi connectivity index (χ0v) is 13.1. The Hall–Kier alpha value is -1.26.